The van der Waals surface area contributed by atoms with E-state index in [2.05, 4.69) is 19.2 Å². The van der Waals surface area contributed by atoms with Gasteiger partial charge in [-0.15, -0.1) is 0 Å². The first-order chi connectivity index (χ1) is 14.5. The summed E-state index contributed by atoms with van der Waals surface area (Å²) in [6, 6.07) is 12.9. The summed E-state index contributed by atoms with van der Waals surface area (Å²) in [6.07, 6.45) is 2.63. The van der Waals surface area contributed by atoms with E-state index in [-0.39, 0.29) is 10.8 Å². The topological polar surface area (TPSA) is 75.7 Å². The molecular weight excluding hydrogens is 400 g/mol. The molecule has 0 radical (unpaired) electrons. The number of carbonyl (C=O) groups excluding carboxylic acids is 1. The molecule has 1 fully saturated rings. The molecule has 7 heteroatoms. The van der Waals surface area contributed by atoms with Gasteiger partial charge in [-0.25, -0.2) is 8.42 Å². The third kappa shape index (κ3) is 5.28. The third-order valence-corrected chi connectivity index (χ3v) is 7.35. The zero-order chi connectivity index (χ0) is 21.6. The summed E-state index contributed by atoms with van der Waals surface area (Å²) in [7, 11) is -3.49. The number of anilines is 1. The summed E-state index contributed by atoms with van der Waals surface area (Å²) in [5, 5.41) is 3.08. The molecule has 1 heterocycles. The van der Waals surface area contributed by atoms with Crippen molar-refractivity contribution in [1.82, 2.24) is 4.31 Å². The Labute approximate surface area is 179 Å². The van der Waals surface area contributed by atoms with Gasteiger partial charge >= 0.3 is 0 Å². The first-order valence-electron chi connectivity index (χ1n) is 10.5. The number of carbonyl (C=O) groups is 1. The second-order valence-corrected chi connectivity index (χ2v) is 9.30. The predicted molar refractivity (Wildman–Crippen MR) is 118 cm³/mol. The molecule has 6 nitrogen and oxygen atoms in total. The normalized spacial score (nSPS) is 15.1. The maximum atomic E-state index is 12.7. The smallest absolute Gasteiger partial charge is 0.243 e. The van der Waals surface area contributed by atoms with Gasteiger partial charge in [-0.05, 0) is 48.1 Å². The highest BCUT2D eigenvalue weighted by atomic mass is 32.2. The molecule has 162 valence electrons. The van der Waals surface area contributed by atoms with Crippen LogP contribution in [-0.2, 0) is 38.8 Å². The number of hydrogen-bond acceptors (Lipinski definition) is 4. The first kappa shape index (κ1) is 22.5. The zero-order valence-electron chi connectivity index (χ0n) is 17.7. The molecule has 1 N–H and O–H groups in total. The number of amides is 1. The van der Waals surface area contributed by atoms with Crippen LogP contribution in [0.1, 0.15) is 37.0 Å². The lowest BCUT2D eigenvalue weighted by Gasteiger charge is -2.26. The summed E-state index contributed by atoms with van der Waals surface area (Å²) in [4.78, 5) is 12.8. The number of para-hydroxylation sites is 1. The Hall–Kier alpha value is -2.22. The van der Waals surface area contributed by atoms with E-state index in [1.165, 1.54) is 4.31 Å². The van der Waals surface area contributed by atoms with Crippen molar-refractivity contribution in [3.8, 4) is 0 Å². The number of nitrogens with one attached hydrogen (secondary N) is 1. The van der Waals surface area contributed by atoms with Crippen molar-refractivity contribution in [1.29, 1.82) is 0 Å². The highest BCUT2D eigenvalue weighted by molar-refractivity contribution is 7.89. The van der Waals surface area contributed by atoms with E-state index in [0.717, 1.165) is 35.2 Å². The van der Waals surface area contributed by atoms with E-state index in [0.29, 0.717) is 39.1 Å². The Bertz CT molecular complexity index is 943. The van der Waals surface area contributed by atoms with Crippen molar-refractivity contribution in [2.45, 2.75) is 44.4 Å². The largest absolute Gasteiger partial charge is 0.379 e. The molecule has 2 aromatic carbocycles. The van der Waals surface area contributed by atoms with E-state index in [1.807, 2.05) is 18.2 Å². The van der Waals surface area contributed by atoms with Gasteiger partial charge in [0.1, 0.15) is 0 Å². The molecule has 0 aliphatic carbocycles. The second kappa shape index (κ2) is 10.2. The van der Waals surface area contributed by atoms with Gasteiger partial charge in [0.05, 0.1) is 18.1 Å². The summed E-state index contributed by atoms with van der Waals surface area (Å²) in [6.45, 7) is 5.76. The third-order valence-electron chi connectivity index (χ3n) is 5.44. The second-order valence-electron chi connectivity index (χ2n) is 7.37. The van der Waals surface area contributed by atoms with Crippen LogP contribution in [0.3, 0.4) is 0 Å². The van der Waals surface area contributed by atoms with Crippen LogP contribution in [0.4, 0.5) is 5.69 Å². The lowest BCUT2D eigenvalue weighted by Crippen LogP contribution is -2.40. The molecule has 0 unspecified atom stereocenters. The molecule has 2 aromatic rings. The Morgan fingerprint density at radius 3 is 2.17 bits per heavy atom. The Morgan fingerprint density at radius 2 is 1.60 bits per heavy atom. The number of rotatable bonds is 8. The number of hydrogen-bond donors (Lipinski definition) is 1. The fraction of sp³-hybridized carbons (Fsp3) is 0.435. The monoisotopic (exact) mass is 430 g/mol. The van der Waals surface area contributed by atoms with Crippen molar-refractivity contribution in [3.63, 3.8) is 0 Å². The molecule has 1 aliphatic heterocycles. The number of morpholine rings is 1. The molecule has 0 bridgehead atoms. The molecule has 3 rings (SSSR count). The van der Waals surface area contributed by atoms with Crippen LogP contribution < -0.4 is 5.32 Å². The van der Waals surface area contributed by atoms with Gasteiger partial charge in [0.15, 0.2) is 0 Å². The molecule has 1 aliphatic rings. The number of sulfonamides is 1. The lowest BCUT2D eigenvalue weighted by molar-refractivity contribution is -0.116. The average molecular weight is 431 g/mol. The molecule has 0 aromatic heterocycles. The van der Waals surface area contributed by atoms with Crippen LogP contribution in [0.15, 0.2) is 47.4 Å². The van der Waals surface area contributed by atoms with E-state index in [4.69, 9.17) is 4.74 Å². The van der Waals surface area contributed by atoms with Crippen LogP contribution in [-0.4, -0.2) is 44.9 Å². The van der Waals surface area contributed by atoms with Gasteiger partial charge in [-0.1, -0.05) is 44.2 Å². The Morgan fingerprint density at radius 1 is 1.00 bits per heavy atom. The summed E-state index contributed by atoms with van der Waals surface area (Å²) in [5.41, 5.74) is 4.14. The van der Waals surface area contributed by atoms with E-state index >= 15 is 0 Å². The number of benzene rings is 2. The highest BCUT2D eigenvalue weighted by Gasteiger charge is 2.26. The van der Waals surface area contributed by atoms with Crippen molar-refractivity contribution < 1.29 is 17.9 Å². The molecule has 0 spiro atoms. The number of nitrogens with zero attached hydrogens (tertiary/aromatic N) is 1. The maximum Gasteiger partial charge on any atom is 0.243 e. The van der Waals surface area contributed by atoms with E-state index < -0.39 is 10.0 Å². The summed E-state index contributed by atoms with van der Waals surface area (Å²) < 4.78 is 32.1. The van der Waals surface area contributed by atoms with Crippen molar-refractivity contribution >= 4 is 21.6 Å². The van der Waals surface area contributed by atoms with Gasteiger partial charge < -0.3 is 10.1 Å². The van der Waals surface area contributed by atoms with E-state index in [1.54, 1.807) is 24.3 Å². The first-order valence-corrected chi connectivity index (χ1v) is 12.0. The molecule has 30 heavy (non-hydrogen) atoms. The SMILES string of the molecule is CCc1cccc(CC)c1NC(=O)CCc1ccc(S(=O)(=O)N2CCOCC2)cc1. The van der Waals surface area contributed by atoms with E-state index in [9.17, 15) is 13.2 Å². The average Bonchev–Trinajstić information content (AvgIpc) is 2.78. The number of ether oxygens (including phenoxy) is 1. The van der Waals surface area contributed by atoms with Crippen LogP contribution in [0.2, 0.25) is 0 Å². The van der Waals surface area contributed by atoms with Crippen LogP contribution in [0, 0.1) is 0 Å². The fourth-order valence-corrected chi connectivity index (χ4v) is 5.03. The van der Waals surface area contributed by atoms with Crippen LogP contribution >= 0.6 is 0 Å². The minimum atomic E-state index is -3.49. The predicted octanol–water partition coefficient (Wildman–Crippen LogP) is 3.40. The molecular formula is C23H30N2O4S. The quantitative estimate of drug-likeness (QED) is 0.696. The Balaban J connectivity index is 1.61. The van der Waals surface area contributed by atoms with Gasteiger partial charge in [0.2, 0.25) is 15.9 Å². The van der Waals surface area contributed by atoms with Gasteiger partial charge in [-0.2, -0.15) is 4.31 Å². The minimum absolute atomic E-state index is 0.0318. The summed E-state index contributed by atoms with van der Waals surface area (Å²) in [5.74, 6) is -0.0318. The Kier molecular flexibility index (Phi) is 7.64. The van der Waals surface area contributed by atoms with Crippen LogP contribution in [0.25, 0.3) is 0 Å². The van der Waals surface area contributed by atoms with Gasteiger partial charge in [-0.3, -0.25) is 4.79 Å². The highest BCUT2D eigenvalue weighted by Crippen LogP contribution is 2.23. The maximum absolute atomic E-state index is 12.7. The molecule has 1 saturated heterocycles. The van der Waals surface area contributed by atoms with Gasteiger partial charge in [0, 0.05) is 25.2 Å². The molecule has 1 amide bonds. The zero-order valence-corrected chi connectivity index (χ0v) is 18.5. The fourth-order valence-electron chi connectivity index (χ4n) is 3.63. The summed E-state index contributed by atoms with van der Waals surface area (Å²) >= 11 is 0. The van der Waals surface area contributed by atoms with Crippen molar-refractivity contribution in [2.75, 3.05) is 31.6 Å². The van der Waals surface area contributed by atoms with Crippen LogP contribution in [0.5, 0.6) is 0 Å². The number of aryl methyl sites for hydroxylation is 3. The molecule has 0 atom stereocenters. The minimum Gasteiger partial charge on any atom is -0.379 e. The molecule has 0 saturated carbocycles. The van der Waals surface area contributed by atoms with Crippen molar-refractivity contribution in [2.24, 2.45) is 0 Å². The lowest BCUT2D eigenvalue weighted by atomic mass is 10.0. The van der Waals surface area contributed by atoms with Gasteiger partial charge in [0.25, 0.3) is 0 Å². The van der Waals surface area contributed by atoms with Crippen molar-refractivity contribution in [3.05, 3.63) is 59.2 Å². The standard InChI is InChI=1S/C23H30N2O4S/c1-3-19-6-5-7-20(4-2)23(19)24-22(26)13-10-18-8-11-21(12-9-18)30(27,28)25-14-16-29-17-15-25/h5-9,11-12H,3-4,10,13-17H2,1-2H3,(H,24,26).